The number of hydrogen-bond donors (Lipinski definition) is 0. The lowest BCUT2D eigenvalue weighted by atomic mass is 9.77. The van der Waals surface area contributed by atoms with Crippen LogP contribution in [0.2, 0.25) is 0 Å². The van der Waals surface area contributed by atoms with Crippen molar-refractivity contribution in [2.45, 2.75) is 51.0 Å². The third kappa shape index (κ3) is 3.70. The van der Waals surface area contributed by atoms with E-state index in [-0.39, 0.29) is 11.5 Å². The Hall–Kier alpha value is -2.21. The van der Waals surface area contributed by atoms with Crippen LogP contribution in [-0.2, 0) is 4.79 Å². The summed E-state index contributed by atoms with van der Waals surface area (Å²) >= 11 is 0. The zero-order valence-electron chi connectivity index (χ0n) is 17.2. The van der Waals surface area contributed by atoms with Gasteiger partial charge < -0.3 is 9.32 Å². The van der Waals surface area contributed by atoms with Crippen molar-refractivity contribution in [3.8, 4) is 11.5 Å². The Kier molecular flexibility index (Phi) is 4.90. The molecule has 1 saturated carbocycles. The van der Waals surface area contributed by atoms with E-state index in [1.807, 2.05) is 30.3 Å². The van der Waals surface area contributed by atoms with Crippen LogP contribution in [0, 0.1) is 11.3 Å². The van der Waals surface area contributed by atoms with Gasteiger partial charge in [0.25, 0.3) is 0 Å². The van der Waals surface area contributed by atoms with Gasteiger partial charge in [-0.2, -0.15) is 0 Å². The highest BCUT2D eigenvalue weighted by molar-refractivity contribution is 5.77. The van der Waals surface area contributed by atoms with Gasteiger partial charge in [-0.05, 0) is 37.9 Å². The number of nitrogens with zero attached hydrogens (tertiary/aromatic N) is 4. The summed E-state index contributed by atoms with van der Waals surface area (Å²) in [6, 6.07) is 10.0. The van der Waals surface area contributed by atoms with E-state index >= 15 is 0 Å². The second kappa shape index (κ2) is 7.56. The van der Waals surface area contributed by atoms with E-state index in [1.165, 1.54) is 25.7 Å². The van der Waals surface area contributed by atoms with Crippen LogP contribution in [0.1, 0.15) is 56.9 Å². The van der Waals surface area contributed by atoms with Gasteiger partial charge in [-0.1, -0.05) is 43.9 Å². The van der Waals surface area contributed by atoms with Gasteiger partial charge in [0, 0.05) is 37.0 Å². The second-order valence-corrected chi connectivity index (χ2v) is 9.39. The summed E-state index contributed by atoms with van der Waals surface area (Å²) < 4.78 is 6.01. The minimum absolute atomic E-state index is 0.135. The largest absolute Gasteiger partial charge is 0.419 e. The molecule has 1 aliphatic carbocycles. The van der Waals surface area contributed by atoms with Crippen molar-refractivity contribution in [1.29, 1.82) is 0 Å². The quantitative estimate of drug-likeness (QED) is 0.769. The van der Waals surface area contributed by atoms with Gasteiger partial charge in [-0.3, -0.25) is 9.69 Å². The average Bonchev–Trinajstić information content (AvgIpc) is 3.45. The molecule has 6 nitrogen and oxygen atoms in total. The van der Waals surface area contributed by atoms with Crippen molar-refractivity contribution in [3.63, 3.8) is 0 Å². The molecule has 5 rings (SSSR count). The molecule has 3 heterocycles. The molecule has 6 heteroatoms. The van der Waals surface area contributed by atoms with Crippen LogP contribution in [0.5, 0.6) is 0 Å². The van der Waals surface area contributed by atoms with Gasteiger partial charge in [0.05, 0.1) is 6.04 Å². The van der Waals surface area contributed by atoms with Gasteiger partial charge >= 0.3 is 0 Å². The molecule has 154 valence electrons. The standard InChI is InChI=1S/C23H30N4O2/c1-26-14-23(15-27(16-23)20(28)12-11-17-7-5-6-8-17)13-19(26)22-25-24-21(29-22)18-9-3-2-4-10-18/h2-4,9-10,17,19H,5-8,11-16H2,1H3. The number of rotatable bonds is 5. The summed E-state index contributed by atoms with van der Waals surface area (Å²) in [5.74, 6) is 2.40. The fourth-order valence-electron chi connectivity index (χ4n) is 5.57. The van der Waals surface area contributed by atoms with E-state index in [0.29, 0.717) is 17.7 Å². The first-order valence-electron chi connectivity index (χ1n) is 11.0. The zero-order chi connectivity index (χ0) is 19.8. The molecular formula is C23H30N4O2. The van der Waals surface area contributed by atoms with Crippen LogP contribution < -0.4 is 0 Å². The number of amides is 1. The first-order valence-corrected chi connectivity index (χ1v) is 11.0. The Bertz CT molecular complexity index is 853. The fraction of sp³-hybridized carbons (Fsp3) is 0.609. The maximum atomic E-state index is 12.6. The molecule has 2 aliphatic heterocycles. The monoisotopic (exact) mass is 394 g/mol. The highest BCUT2D eigenvalue weighted by atomic mass is 16.4. The summed E-state index contributed by atoms with van der Waals surface area (Å²) in [6.45, 7) is 2.72. The Labute approximate surface area is 172 Å². The first-order chi connectivity index (χ1) is 14.1. The molecule has 3 fully saturated rings. The van der Waals surface area contributed by atoms with Crippen LogP contribution in [0.25, 0.3) is 11.5 Å². The van der Waals surface area contributed by atoms with Crippen molar-refractivity contribution in [2.24, 2.45) is 11.3 Å². The molecule has 1 unspecified atom stereocenters. The van der Waals surface area contributed by atoms with E-state index in [9.17, 15) is 4.79 Å². The van der Waals surface area contributed by atoms with Crippen molar-refractivity contribution >= 4 is 5.91 Å². The van der Waals surface area contributed by atoms with E-state index in [2.05, 4.69) is 27.0 Å². The molecule has 0 bridgehead atoms. The number of hydrogen-bond acceptors (Lipinski definition) is 5. The maximum Gasteiger partial charge on any atom is 0.247 e. The van der Waals surface area contributed by atoms with Crippen molar-refractivity contribution in [2.75, 3.05) is 26.7 Å². The minimum atomic E-state index is 0.135. The molecule has 0 N–H and O–H groups in total. The molecule has 1 atom stereocenters. The van der Waals surface area contributed by atoms with E-state index in [4.69, 9.17) is 4.42 Å². The molecular weight excluding hydrogens is 364 g/mol. The lowest BCUT2D eigenvalue weighted by Crippen LogP contribution is -2.59. The minimum Gasteiger partial charge on any atom is -0.419 e. The molecule has 3 aliphatic rings. The van der Waals surface area contributed by atoms with Gasteiger partial charge in [-0.25, -0.2) is 0 Å². The number of likely N-dealkylation sites (tertiary alicyclic amines) is 2. The topological polar surface area (TPSA) is 62.5 Å². The highest BCUT2D eigenvalue weighted by Gasteiger charge is 2.53. The van der Waals surface area contributed by atoms with Gasteiger partial charge in [0.15, 0.2) is 0 Å². The van der Waals surface area contributed by atoms with Crippen molar-refractivity contribution in [1.82, 2.24) is 20.0 Å². The molecule has 1 aromatic carbocycles. The number of aromatic nitrogens is 2. The van der Waals surface area contributed by atoms with E-state index < -0.39 is 0 Å². The molecule has 2 aromatic rings. The summed E-state index contributed by atoms with van der Waals surface area (Å²) in [5.41, 5.74) is 1.13. The lowest BCUT2D eigenvalue weighted by molar-refractivity contribution is -0.143. The lowest BCUT2D eigenvalue weighted by Gasteiger charge is -2.48. The molecule has 1 aromatic heterocycles. The third-order valence-electron chi connectivity index (χ3n) is 7.14. The van der Waals surface area contributed by atoms with Crippen LogP contribution >= 0.6 is 0 Å². The van der Waals surface area contributed by atoms with Crippen LogP contribution in [0.4, 0.5) is 0 Å². The predicted octanol–water partition coefficient (Wildman–Crippen LogP) is 3.91. The summed E-state index contributed by atoms with van der Waals surface area (Å²) in [7, 11) is 2.12. The molecule has 0 radical (unpaired) electrons. The maximum absolute atomic E-state index is 12.6. The molecule has 29 heavy (non-hydrogen) atoms. The predicted molar refractivity (Wildman–Crippen MR) is 110 cm³/mol. The Morgan fingerprint density at radius 3 is 2.66 bits per heavy atom. The van der Waals surface area contributed by atoms with Crippen molar-refractivity contribution in [3.05, 3.63) is 36.2 Å². The van der Waals surface area contributed by atoms with Gasteiger partial charge in [0.1, 0.15) is 0 Å². The molecule has 2 saturated heterocycles. The zero-order valence-corrected chi connectivity index (χ0v) is 17.2. The van der Waals surface area contributed by atoms with Crippen molar-refractivity contribution < 1.29 is 9.21 Å². The van der Waals surface area contributed by atoms with Gasteiger partial charge in [0.2, 0.25) is 17.7 Å². The highest BCUT2D eigenvalue weighted by Crippen LogP contribution is 2.47. The normalized spacial score (nSPS) is 24.3. The van der Waals surface area contributed by atoms with Gasteiger partial charge in [-0.15, -0.1) is 10.2 Å². The SMILES string of the molecule is CN1CC2(CC1c1nnc(-c3ccccc3)o1)CN(C(=O)CCC1CCCC1)C2. The second-order valence-electron chi connectivity index (χ2n) is 9.39. The summed E-state index contributed by atoms with van der Waals surface area (Å²) in [4.78, 5) is 17.0. The average molecular weight is 395 g/mol. The van der Waals surface area contributed by atoms with E-state index in [1.54, 1.807) is 0 Å². The van der Waals surface area contributed by atoms with Crippen LogP contribution in [-0.4, -0.2) is 52.6 Å². The Morgan fingerprint density at radius 1 is 1.14 bits per heavy atom. The van der Waals surface area contributed by atoms with E-state index in [0.717, 1.165) is 50.4 Å². The Balaban J connectivity index is 1.18. The molecule has 1 spiro atoms. The molecule has 1 amide bonds. The third-order valence-corrected chi connectivity index (χ3v) is 7.14. The Morgan fingerprint density at radius 2 is 1.90 bits per heavy atom. The van der Waals surface area contributed by atoms with Crippen LogP contribution in [0.3, 0.4) is 0 Å². The number of carbonyl (C=O) groups is 1. The fourth-order valence-corrected chi connectivity index (χ4v) is 5.57. The number of benzene rings is 1. The first kappa shape index (κ1) is 18.8. The van der Waals surface area contributed by atoms with Crippen LogP contribution in [0.15, 0.2) is 34.7 Å². The summed E-state index contributed by atoms with van der Waals surface area (Å²) in [5, 5.41) is 8.59. The smallest absolute Gasteiger partial charge is 0.247 e. The number of carbonyl (C=O) groups excluding carboxylic acids is 1. The summed E-state index contributed by atoms with van der Waals surface area (Å²) in [6.07, 6.45) is 8.12.